The molecular weight excluding hydrogens is 450 g/mol. The van der Waals surface area contributed by atoms with Crippen molar-refractivity contribution >= 4 is 17.6 Å². The summed E-state index contributed by atoms with van der Waals surface area (Å²) >= 11 is 0. The van der Waals surface area contributed by atoms with Crippen LogP contribution in [0.3, 0.4) is 0 Å². The first-order valence-electron chi connectivity index (χ1n) is 12.7. The van der Waals surface area contributed by atoms with Crippen LogP contribution in [0.25, 0.3) is 0 Å². The topological polar surface area (TPSA) is 149 Å². The van der Waals surface area contributed by atoms with Crippen molar-refractivity contribution in [3.05, 3.63) is 30.1 Å². The Labute approximate surface area is 208 Å². The predicted octanol–water partition coefficient (Wildman–Crippen LogP) is 2.34. The van der Waals surface area contributed by atoms with E-state index in [-0.39, 0.29) is 12.2 Å². The Bertz CT molecular complexity index is 787. The number of rotatable bonds is 18. The lowest BCUT2D eigenvalue weighted by Crippen LogP contribution is -2.70. The van der Waals surface area contributed by atoms with E-state index in [9.17, 15) is 29.7 Å². The SMILES string of the molecule is CCCCCCCCCCCCNC(=O)C(O)(C(=O)NC(C(C)=O)c1ccccn1)C(C)(O)CO. The summed E-state index contributed by atoms with van der Waals surface area (Å²) in [6.07, 6.45) is 12.6. The lowest BCUT2D eigenvalue weighted by molar-refractivity contribution is -0.189. The van der Waals surface area contributed by atoms with E-state index in [1.54, 1.807) is 12.1 Å². The van der Waals surface area contributed by atoms with Gasteiger partial charge in [0.25, 0.3) is 17.4 Å². The largest absolute Gasteiger partial charge is 0.393 e. The van der Waals surface area contributed by atoms with Crippen LogP contribution in [0.2, 0.25) is 0 Å². The van der Waals surface area contributed by atoms with Crippen LogP contribution < -0.4 is 10.6 Å². The van der Waals surface area contributed by atoms with E-state index in [0.717, 1.165) is 26.2 Å². The maximum absolute atomic E-state index is 13.0. The number of nitrogens with zero attached hydrogens (tertiary/aromatic N) is 1. The van der Waals surface area contributed by atoms with Crippen molar-refractivity contribution in [2.24, 2.45) is 0 Å². The van der Waals surface area contributed by atoms with E-state index in [1.165, 1.54) is 57.7 Å². The first kappa shape index (κ1) is 30.7. The third-order valence-corrected chi connectivity index (χ3v) is 6.23. The van der Waals surface area contributed by atoms with Gasteiger partial charge in [-0.1, -0.05) is 70.8 Å². The molecule has 1 heterocycles. The minimum atomic E-state index is -3.03. The zero-order valence-electron chi connectivity index (χ0n) is 21.4. The molecule has 0 saturated heterocycles. The lowest BCUT2D eigenvalue weighted by atomic mass is 9.82. The second kappa shape index (κ2) is 15.6. The van der Waals surface area contributed by atoms with Crippen molar-refractivity contribution in [1.82, 2.24) is 15.6 Å². The monoisotopic (exact) mass is 493 g/mol. The second-order valence-corrected chi connectivity index (χ2v) is 9.35. The number of nitrogens with one attached hydrogen (secondary N) is 2. The highest BCUT2D eigenvalue weighted by molar-refractivity contribution is 6.10. The van der Waals surface area contributed by atoms with Gasteiger partial charge in [0.05, 0.1) is 12.3 Å². The summed E-state index contributed by atoms with van der Waals surface area (Å²) in [6.45, 7) is 3.55. The number of aliphatic hydroxyl groups is 3. The lowest BCUT2D eigenvalue weighted by Gasteiger charge is -2.37. The molecular formula is C26H43N3O6. The van der Waals surface area contributed by atoms with Gasteiger partial charge in [-0.15, -0.1) is 0 Å². The summed E-state index contributed by atoms with van der Waals surface area (Å²) < 4.78 is 0. The Morgan fingerprint density at radius 3 is 2.00 bits per heavy atom. The molecule has 0 aliphatic carbocycles. The molecule has 1 rings (SSSR count). The molecule has 3 atom stereocenters. The Morgan fingerprint density at radius 2 is 1.51 bits per heavy atom. The van der Waals surface area contributed by atoms with Gasteiger partial charge in [-0.05, 0) is 32.4 Å². The molecule has 0 aromatic carbocycles. The number of aromatic nitrogens is 1. The molecule has 1 aromatic rings. The number of amides is 2. The van der Waals surface area contributed by atoms with Crippen molar-refractivity contribution in [1.29, 1.82) is 0 Å². The Balaban J connectivity index is 2.68. The molecule has 1 aromatic heterocycles. The van der Waals surface area contributed by atoms with Crippen molar-refractivity contribution in [3.63, 3.8) is 0 Å². The zero-order valence-corrected chi connectivity index (χ0v) is 21.4. The second-order valence-electron chi connectivity index (χ2n) is 9.35. The summed E-state index contributed by atoms with van der Waals surface area (Å²) in [5.74, 6) is -2.93. The van der Waals surface area contributed by atoms with Crippen molar-refractivity contribution in [3.8, 4) is 0 Å². The molecule has 35 heavy (non-hydrogen) atoms. The Kier molecular flexibility index (Phi) is 13.7. The first-order valence-corrected chi connectivity index (χ1v) is 12.7. The molecule has 0 fully saturated rings. The summed E-state index contributed by atoms with van der Waals surface area (Å²) in [5, 5.41) is 36.0. The molecule has 0 spiro atoms. The number of Topliss-reactive ketones (excluding diaryl/α,β-unsaturated/α-hetero) is 1. The first-order chi connectivity index (χ1) is 16.6. The normalized spacial score (nSPS) is 15.5. The fraction of sp³-hybridized carbons (Fsp3) is 0.692. The standard InChI is InChI=1S/C26H43N3O6/c1-4-5-6-7-8-9-10-11-12-14-18-28-23(32)26(35,25(3,34)19-30)24(33)29-22(20(2)31)21-16-13-15-17-27-21/h13,15-17,22,30,34-35H,4-12,14,18-19H2,1-3H3,(H,28,32)(H,29,33). The smallest absolute Gasteiger partial charge is 0.265 e. The maximum atomic E-state index is 13.0. The highest BCUT2D eigenvalue weighted by Crippen LogP contribution is 2.25. The molecule has 2 amide bonds. The fourth-order valence-electron chi connectivity index (χ4n) is 3.82. The average Bonchev–Trinajstić information content (AvgIpc) is 2.85. The molecule has 0 aliphatic heterocycles. The van der Waals surface area contributed by atoms with Gasteiger partial charge >= 0.3 is 0 Å². The number of hydrogen-bond donors (Lipinski definition) is 5. The van der Waals surface area contributed by atoms with E-state index in [1.807, 2.05) is 0 Å². The number of pyridine rings is 1. The van der Waals surface area contributed by atoms with Crippen LogP contribution in [0.15, 0.2) is 24.4 Å². The van der Waals surface area contributed by atoms with Gasteiger partial charge in [0.1, 0.15) is 11.6 Å². The molecule has 0 aliphatic rings. The van der Waals surface area contributed by atoms with Crippen LogP contribution in [-0.4, -0.2) is 62.3 Å². The molecule has 5 N–H and O–H groups in total. The van der Waals surface area contributed by atoms with Gasteiger partial charge in [0.15, 0.2) is 5.78 Å². The van der Waals surface area contributed by atoms with Gasteiger partial charge in [-0.2, -0.15) is 0 Å². The minimum absolute atomic E-state index is 0.197. The molecule has 9 heteroatoms. The quantitative estimate of drug-likeness (QED) is 0.156. The highest BCUT2D eigenvalue weighted by Gasteiger charge is 2.58. The molecule has 198 valence electrons. The highest BCUT2D eigenvalue weighted by atomic mass is 16.4. The molecule has 0 saturated carbocycles. The summed E-state index contributed by atoms with van der Waals surface area (Å²) in [4.78, 5) is 42.1. The zero-order chi connectivity index (χ0) is 26.3. The van der Waals surface area contributed by atoms with E-state index in [0.29, 0.717) is 6.42 Å². The van der Waals surface area contributed by atoms with E-state index >= 15 is 0 Å². The van der Waals surface area contributed by atoms with Crippen molar-refractivity contribution in [2.75, 3.05) is 13.2 Å². The van der Waals surface area contributed by atoms with Crippen LogP contribution in [0.5, 0.6) is 0 Å². The van der Waals surface area contributed by atoms with Gasteiger partial charge < -0.3 is 26.0 Å². The van der Waals surface area contributed by atoms with Crippen molar-refractivity contribution in [2.45, 2.75) is 102 Å². The maximum Gasteiger partial charge on any atom is 0.265 e. The number of unbranched alkanes of at least 4 members (excludes halogenated alkanes) is 9. The number of carbonyl (C=O) groups excluding carboxylic acids is 3. The van der Waals surface area contributed by atoms with Gasteiger partial charge in [-0.3, -0.25) is 19.4 Å². The van der Waals surface area contributed by atoms with Crippen LogP contribution in [0.4, 0.5) is 0 Å². The van der Waals surface area contributed by atoms with Crippen LogP contribution >= 0.6 is 0 Å². The Morgan fingerprint density at radius 1 is 0.943 bits per heavy atom. The van der Waals surface area contributed by atoms with Gasteiger partial charge in [0.2, 0.25) is 0 Å². The fourth-order valence-corrected chi connectivity index (χ4v) is 3.82. The van der Waals surface area contributed by atoms with Crippen LogP contribution in [0, 0.1) is 0 Å². The van der Waals surface area contributed by atoms with Crippen LogP contribution in [-0.2, 0) is 14.4 Å². The molecule has 0 radical (unpaired) electrons. The third-order valence-electron chi connectivity index (χ3n) is 6.23. The third kappa shape index (κ3) is 9.31. The summed E-state index contributed by atoms with van der Waals surface area (Å²) in [6, 6.07) is 3.54. The average molecular weight is 494 g/mol. The number of hydrogen-bond acceptors (Lipinski definition) is 7. The summed E-state index contributed by atoms with van der Waals surface area (Å²) in [7, 11) is 0. The predicted molar refractivity (Wildman–Crippen MR) is 133 cm³/mol. The summed E-state index contributed by atoms with van der Waals surface area (Å²) in [5.41, 5.74) is -5.31. The number of carbonyl (C=O) groups is 3. The van der Waals surface area contributed by atoms with Crippen molar-refractivity contribution < 1.29 is 29.7 Å². The van der Waals surface area contributed by atoms with Gasteiger partial charge in [-0.25, -0.2) is 0 Å². The number of ketones is 1. The number of aliphatic hydroxyl groups excluding tert-OH is 1. The molecule has 0 bridgehead atoms. The Hall–Kier alpha value is -2.36. The van der Waals surface area contributed by atoms with Crippen LogP contribution in [0.1, 0.15) is 96.7 Å². The van der Waals surface area contributed by atoms with E-state index in [2.05, 4.69) is 22.5 Å². The van der Waals surface area contributed by atoms with E-state index < -0.39 is 41.4 Å². The van der Waals surface area contributed by atoms with E-state index in [4.69, 9.17) is 0 Å². The molecule has 9 nitrogen and oxygen atoms in total. The van der Waals surface area contributed by atoms with Gasteiger partial charge in [0, 0.05) is 12.7 Å². The minimum Gasteiger partial charge on any atom is -0.393 e. The molecule has 3 unspecified atom stereocenters.